The van der Waals surface area contributed by atoms with Crippen molar-refractivity contribution in [3.05, 3.63) is 102 Å². The monoisotopic (exact) mass is 345 g/mol. The van der Waals surface area contributed by atoms with Crippen LogP contribution in [-0.4, -0.2) is 24.8 Å². The van der Waals surface area contributed by atoms with Crippen LogP contribution in [0.25, 0.3) is 0 Å². The minimum atomic E-state index is -0.290. The number of benzene rings is 3. The fourth-order valence-electron chi connectivity index (χ4n) is 2.57. The maximum absolute atomic E-state index is 12.7. The van der Waals surface area contributed by atoms with Crippen LogP contribution < -0.4 is 10.1 Å². The zero-order valence-corrected chi connectivity index (χ0v) is 14.2. The highest BCUT2D eigenvalue weighted by molar-refractivity contribution is 6.15. The molecule has 3 rings (SSSR count). The van der Waals surface area contributed by atoms with E-state index in [0.29, 0.717) is 29.8 Å². The standard InChI is InChI=1S/C22H19NO3/c24-21(17-9-3-1-4-10-17)19-13-7-8-14-20(19)22(25)23-15-16-26-18-11-5-2-6-12-18/h1-14H,15-16H2,(H,23,25). The van der Waals surface area contributed by atoms with E-state index in [1.165, 1.54) is 0 Å². The third-order valence-corrected chi connectivity index (χ3v) is 3.85. The molecule has 0 aliphatic heterocycles. The Morgan fingerprint density at radius 2 is 1.31 bits per heavy atom. The van der Waals surface area contributed by atoms with Crippen molar-refractivity contribution in [2.75, 3.05) is 13.2 Å². The molecule has 0 radical (unpaired) electrons. The number of carbonyl (C=O) groups excluding carboxylic acids is 2. The first kappa shape index (κ1) is 17.4. The van der Waals surface area contributed by atoms with E-state index in [1.54, 1.807) is 48.5 Å². The molecular formula is C22H19NO3. The quantitative estimate of drug-likeness (QED) is 0.524. The molecule has 1 amide bonds. The molecule has 0 bridgehead atoms. The second-order valence-electron chi connectivity index (χ2n) is 5.66. The molecule has 0 aliphatic rings. The molecule has 0 saturated heterocycles. The summed E-state index contributed by atoms with van der Waals surface area (Å²) in [5.74, 6) is 0.292. The van der Waals surface area contributed by atoms with E-state index >= 15 is 0 Å². The number of para-hydroxylation sites is 1. The summed E-state index contributed by atoms with van der Waals surface area (Å²) in [5, 5.41) is 2.80. The number of ketones is 1. The van der Waals surface area contributed by atoms with Crippen LogP contribution in [-0.2, 0) is 0 Å². The summed E-state index contributed by atoms with van der Waals surface area (Å²) in [6, 6.07) is 25.2. The molecule has 0 heterocycles. The van der Waals surface area contributed by atoms with E-state index in [-0.39, 0.29) is 11.7 Å². The highest BCUT2D eigenvalue weighted by Crippen LogP contribution is 2.15. The fourth-order valence-corrected chi connectivity index (χ4v) is 2.57. The Bertz CT molecular complexity index is 876. The number of hydrogen-bond acceptors (Lipinski definition) is 3. The van der Waals surface area contributed by atoms with Crippen LogP contribution >= 0.6 is 0 Å². The lowest BCUT2D eigenvalue weighted by molar-refractivity contribution is 0.0936. The normalized spacial score (nSPS) is 10.2. The van der Waals surface area contributed by atoms with Crippen LogP contribution in [0.4, 0.5) is 0 Å². The molecule has 1 N–H and O–H groups in total. The van der Waals surface area contributed by atoms with Crippen molar-refractivity contribution < 1.29 is 14.3 Å². The van der Waals surface area contributed by atoms with Crippen LogP contribution in [0, 0.1) is 0 Å². The molecule has 0 spiro atoms. The smallest absolute Gasteiger partial charge is 0.252 e. The molecule has 3 aromatic rings. The van der Waals surface area contributed by atoms with Crippen molar-refractivity contribution in [2.24, 2.45) is 0 Å². The molecule has 0 saturated carbocycles. The maximum atomic E-state index is 12.7. The van der Waals surface area contributed by atoms with Crippen LogP contribution in [0.3, 0.4) is 0 Å². The summed E-state index contributed by atoms with van der Waals surface area (Å²) in [6.07, 6.45) is 0. The van der Waals surface area contributed by atoms with Gasteiger partial charge < -0.3 is 10.1 Å². The Kier molecular flexibility index (Phi) is 5.78. The summed E-state index contributed by atoms with van der Waals surface area (Å²) >= 11 is 0. The van der Waals surface area contributed by atoms with Gasteiger partial charge in [-0.05, 0) is 18.2 Å². The largest absolute Gasteiger partial charge is 0.492 e. The first-order chi connectivity index (χ1) is 12.8. The van der Waals surface area contributed by atoms with Crippen LogP contribution in [0.5, 0.6) is 5.75 Å². The first-order valence-corrected chi connectivity index (χ1v) is 8.40. The van der Waals surface area contributed by atoms with Crippen molar-refractivity contribution in [3.63, 3.8) is 0 Å². The van der Waals surface area contributed by atoms with E-state index in [9.17, 15) is 9.59 Å². The van der Waals surface area contributed by atoms with Gasteiger partial charge in [-0.2, -0.15) is 0 Å². The summed E-state index contributed by atoms with van der Waals surface area (Å²) < 4.78 is 5.56. The van der Waals surface area contributed by atoms with Gasteiger partial charge in [0.15, 0.2) is 5.78 Å². The van der Waals surface area contributed by atoms with Gasteiger partial charge in [0, 0.05) is 11.1 Å². The predicted octanol–water partition coefficient (Wildman–Crippen LogP) is 3.73. The number of rotatable bonds is 7. The van der Waals surface area contributed by atoms with Crippen LogP contribution in [0.2, 0.25) is 0 Å². The summed E-state index contributed by atoms with van der Waals surface area (Å²) in [7, 11) is 0. The second-order valence-corrected chi connectivity index (χ2v) is 5.66. The SMILES string of the molecule is O=C(NCCOc1ccccc1)c1ccccc1C(=O)c1ccccc1. The zero-order chi connectivity index (χ0) is 18.2. The van der Waals surface area contributed by atoms with Gasteiger partial charge in [0.1, 0.15) is 12.4 Å². The van der Waals surface area contributed by atoms with Crippen LogP contribution in [0.15, 0.2) is 84.9 Å². The van der Waals surface area contributed by atoms with Gasteiger partial charge in [-0.25, -0.2) is 0 Å². The average molecular weight is 345 g/mol. The summed E-state index contributed by atoms with van der Waals surface area (Å²) in [6.45, 7) is 0.701. The number of amides is 1. The Labute approximate surface area is 152 Å². The molecule has 26 heavy (non-hydrogen) atoms. The molecule has 4 heteroatoms. The molecule has 130 valence electrons. The number of hydrogen-bond donors (Lipinski definition) is 1. The van der Waals surface area contributed by atoms with Crippen molar-refractivity contribution >= 4 is 11.7 Å². The molecule has 0 unspecified atom stereocenters. The van der Waals surface area contributed by atoms with E-state index in [0.717, 1.165) is 5.75 Å². The highest BCUT2D eigenvalue weighted by atomic mass is 16.5. The lowest BCUT2D eigenvalue weighted by Gasteiger charge is -2.10. The average Bonchev–Trinajstić information content (AvgIpc) is 2.72. The van der Waals surface area contributed by atoms with Gasteiger partial charge >= 0.3 is 0 Å². The lowest BCUT2D eigenvalue weighted by Crippen LogP contribution is -2.29. The minimum Gasteiger partial charge on any atom is -0.492 e. The van der Waals surface area contributed by atoms with Gasteiger partial charge in [0.25, 0.3) is 5.91 Å². The summed E-state index contributed by atoms with van der Waals surface area (Å²) in [5.41, 5.74) is 1.31. The van der Waals surface area contributed by atoms with Gasteiger partial charge in [0.2, 0.25) is 0 Å². The predicted molar refractivity (Wildman–Crippen MR) is 101 cm³/mol. The van der Waals surface area contributed by atoms with Crippen molar-refractivity contribution in [2.45, 2.75) is 0 Å². The Hall–Kier alpha value is -3.40. The Balaban J connectivity index is 1.63. The molecule has 0 fully saturated rings. The zero-order valence-electron chi connectivity index (χ0n) is 14.2. The lowest BCUT2D eigenvalue weighted by atomic mass is 9.98. The molecular weight excluding hydrogens is 326 g/mol. The molecule has 0 aromatic heterocycles. The van der Waals surface area contributed by atoms with Crippen LogP contribution in [0.1, 0.15) is 26.3 Å². The van der Waals surface area contributed by atoms with E-state index < -0.39 is 0 Å². The van der Waals surface area contributed by atoms with Crippen molar-refractivity contribution in [1.29, 1.82) is 0 Å². The first-order valence-electron chi connectivity index (χ1n) is 8.40. The third kappa shape index (κ3) is 4.36. The van der Waals surface area contributed by atoms with E-state index in [1.807, 2.05) is 36.4 Å². The Morgan fingerprint density at radius 1 is 0.731 bits per heavy atom. The van der Waals surface area contributed by atoms with Gasteiger partial charge in [0.05, 0.1) is 12.1 Å². The number of nitrogens with one attached hydrogen (secondary N) is 1. The second kappa shape index (κ2) is 8.62. The Morgan fingerprint density at radius 3 is 2.00 bits per heavy atom. The van der Waals surface area contributed by atoms with Gasteiger partial charge in [-0.15, -0.1) is 0 Å². The molecule has 0 atom stereocenters. The fraction of sp³-hybridized carbons (Fsp3) is 0.0909. The van der Waals surface area contributed by atoms with E-state index in [4.69, 9.17) is 4.74 Å². The molecule has 4 nitrogen and oxygen atoms in total. The number of ether oxygens (including phenoxy) is 1. The molecule has 3 aromatic carbocycles. The van der Waals surface area contributed by atoms with Crippen molar-refractivity contribution in [1.82, 2.24) is 5.32 Å². The third-order valence-electron chi connectivity index (χ3n) is 3.85. The summed E-state index contributed by atoms with van der Waals surface area (Å²) in [4.78, 5) is 25.2. The molecule has 0 aliphatic carbocycles. The van der Waals surface area contributed by atoms with Gasteiger partial charge in [-0.3, -0.25) is 9.59 Å². The van der Waals surface area contributed by atoms with E-state index in [2.05, 4.69) is 5.32 Å². The topological polar surface area (TPSA) is 55.4 Å². The van der Waals surface area contributed by atoms with Crippen molar-refractivity contribution in [3.8, 4) is 5.75 Å². The minimum absolute atomic E-state index is 0.170. The number of carbonyl (C=O) groups is 2. The maximum Gasteiger partial charge on any atom is 0.252 e. The van der Waals surface area contributed by atoms with Gasteiger partial charge in [-0.1, -0.05) is 66.7 Å². The highest BCUT2D eigenvalue weighted by Gasteiger charge is 2.17.